The molecule has 2 fully saturated rings. The molecule has 0 saturated carbocycles. The first-order valence-electron chi connectivity index (χ1n) is 11.7. The average Bonchev–Trinajstić information content (AvgIpc) is 3.12. The fraction of sp³-hybridized carbons (Fsp3) is 0.583. The molecule has 0 radical (unpaired) electrons. The number of nitrogens with zero attached hydrogens (tertiary/aromatic N) is 4. The third-order valence-electron chi connectivity index (χ3n) is 7.08. The zero-order valence-electron chi connectivity index (χ0n) is 18.5. The van der Waals surface area contributed by atoms with Crippen molar-refractivity contribution in [3.63, 3.8) is 0 Å². The first-order valence-corrected chi connectivity index (χ1v) is 11.7. The average molecular weight is 463 g/mol. The quantitative estimate of drug-likeness (QED) is 0.660. The van der Waals surface area contributed by atoms with Gasteiger partial charge in [-0.05, 0) is 31.2 Å². The van der Waals surface area contributed by atoms with Crippen LogP contribution >= 0.6 is 0 Å². The van der Waals surface area contributed by atoms with E-state index in [1.165, 1.54) is 16.8 Å². The number of likely N-dealkylation sites (tertiary alicyclic amines) is 1. The molecule has 1 aromatic heterocycles. The van der Waals surface area contributed by atoms with Crippen LogP contribution in [0.3, 0.4) is 0 Å². The Bertz CT molecular complexity index is 1000. The second kappa shape index (κ2) is 9.10. The van der Waals surface area contributed by atoms with Gasteiger partial charge in [-0.1, -0.05) is 30.3 Å². The van der Waals surface area contributed by atoms with Gasteiger partial charge in [0, 0.05) is 50.5 Å². The normalized spacial score (nSPS) is 26.3. The molecule has 4 heterocycles. The van der Waals surface area contributed by atoms with E-state index in [2.05, 4.69) is 22.0 Å². The van der Waals surface area contributed by atoms with Gasteiger partial charge in [0.2, 0.25) is 5.95 Å². The lowest BCUT2D eigenvalue weighted by Gasteiger charge is -2.44. The molecule has 2 saturated heterocycles. The predicted octanol–water partition coefficient (Wildman–Crippen LogP) is 3.25. The molecule has 5 rings (SSSR count). The Morgan fingerprint density at radius 3 is 2.48 bits per heavy atom. The number of halogens is 3. The van der Waals surface area contributed by atoms with E-state index in [-0.39, 0.29) is 36.8 Å². The number of alkyl halides is 3. The van der Waals surface area contributed by atoms with Gasteiger partial charge in [-0.15, -0.1) is 0 Å². The number of hydrogen-bond donors (Lipinski definition) is 0. The number of hydrogen-bond acceptors (Lipinski definition) is 5. The van der Waals surface area contributed by atoms with Gasteiger partial charge in [0.05, 0.1) is 18.6 Å². The SMILES string of the molecule is O=c1ccnc2n1CCC(CC(F)(F)F)N2CC(Cc1ccccc1)N1CC2CCC(C1)O2. The lowest BCUT2D eigenvalue weighted by molar-refractivity contribution is -0.139. The highest BCUT2D eigenvalue weighted by molar-refractivity contribution is 5.36. The Balaban J connectivity index is 1.47. The van der Waals surface area contributed by atoms with Crippen LogP contribution in [0.4, 0.5) is 19.1 Å². The Morgan fingerprint density at radius 2 is 1.79 bits per heavy atom. The van der Waals surface area contributed by atoms with Crippen LogP contribution in [0.2, 0.25) is 0 Å². The summed E-state index contributed by atoms with van der Waals surface area (Å²) in [5.74, 6) is 0.345. The molecular formula is C24H29F3N4O2. The first kappa shape index (κ1) is 22.4. The Morgan fingerprint density at radius 1 is 1.06 bits per heavy atom. The molecule has 4 atom stereocenters. The Kier molecular flexibility index (Phi) is 6.18. The molecule has 6 nitrogen and oxygen atoms in total. The number of rotatable bonds is 6. The van der Waals surface area contributed by atoms with Crippen molar-refractivity contribution in [1.82, 2.24) is 14.5 Å². The molecule has 0 amide bonds. The van der Waals surface area contributed by atoms with Gasteiger partial charge in [0.1, 0.15) is 0 Å². The molecular weight excluding hydrogens is 433 g/mol. The first-order chi connectivity index (χ1) is 15.9. The van der Waals surface area contributed by atoms with Crippen molar-refractivity contribution in [2.75, 3.05) is 24.5 Å². The minimum absolute atomic E-state index is 0.0150. The maximum Gasteiger partial charge on any atom is 0.391 e. The lowest BCUT2D eigenvalue weighted by Crippen LogP contribution is -2.56. The summed E-state index contributed by atoms with van der Waals surface area (Å²) in [4.78, 5) is 20.9. The van der Waals surface area contributed by atoms with Crippen molar-refractivity contribution < 1.29 is 17.9 Å². The Hall–Kier alpha value is -2.39. The van der Waals surface area contributed by atoms with Crippen LogP contribution in [0.15, 0.2) is 47.4 Å². The van der Waals surface area contributed by atoms with E-state index in [0.29, 0.717) is 18.9 Å². The van der Waals surface area contributed by atoms with Gasteiger partial charge in [-0.2, -0.15) is 13.2 Å². The van der Waals surface area contributed by atoms with E-state index in [1.54, 1.807) is 4.90 Å². The maximum absolute atomic E-state index is 13.5. The summed E-state index contributed by atoms with van der Waals surface area (Å²) in [5.41, 5.74) is 0.920. The van der Waals surface area contributed by atoms with Crippen LogP contribution < -0.4 is 10.5 Å². The largest absolute Gasteiger partial charge is 0.391 e. The minimum Gasteiger partial charge on any atom is -0.372 e. The molecule has 0 aliphatic carbocycles. The molecule has 4 unspecified atom stereocenters. The van der Waals surface area contributed by atoms with Gasteiger partial charge in [-0.3, -0.25) is 14.3 Å². The van der Waals surface area contributed by atoms with E-state index in [1.807, 2.05) is 18.2 Å². The number of anilines is 1. The van der Waals surface area contributed by atoms with Crippen molar-refractivity contribution in [2.24, 2.45) is 0 Å². The number of benzene rings is 1. The molecule has 0 spiro atoms. The molecule has 33 heavy (non-hydrogen) atoms. The van der Waals surface area contributed by atoms with E-state index in [0.717, 1.165) is 31.5 Å². The third-order valence-corrected chi connectivity index (χ3v) is 7.08. The zero-order valence-corrected chi connectivity index (χ0v) is 18.5. The van der Waals surface area contributed by atoms with Gasteiger partial charge in [-0.25, -0.2) is 4.98 Å². The van der Waals surface area contributed by atoms with Gasteiger partial charge < -0.3 is 9.64 Å². The maximum atomic E-state index is 13.5. The summed E-state index contributed by atoms with van der Waals surface area (Å²) in [5, 5.41) is 0. The van der Waals surface area contributed by atoms with Crippen molar-refractivity contribution >= 4 is 5.95 Å². The van der Waals surface area contributed by atoms with Crippen molar-refractivity contribution in [2.45, 2.75) is 69.1 Å². The molecule has 3 aliphatic heterocycles. The minimum atomic E-state index is -4.28. The van der Waals surface area contributed by atoms with Crippen molar-refractivity contribution in [3.05, 3.63) is 58.5 Å². The summed E-state index contributed by atoms with van der Waals surface area (Å²) in [7, 11) is 0. The van der Waals surface area contributed by atoms with E-state index in [9.17, 15) is 18.0 Å². The standard InChI is InChI=1S/C24H29F3N4O2/c25-24(26,27)13-18-9-11-30-22(32)8-10-28-23(30)31(18)14-19(12-17-4-2-1-3-5-17)29-15-20-6-7-21(16-29)33-20/h1-5,8,10,18-21H,6-7,9,11-16H2. The van der Waals surface area contributed by atoms with Crippen LogP contribution in [0, 0.1) is 0 Å². The molecule has 9 heteroatoms. The Labute approximate surface area is 191 Å². The second-order valence-corrected chi connectivity index (χ2v) is 9.40. The highest BCUT2D eigenvalue weighted by Crippen LogP contribution is 2.33. The summed E-state index contributed by atoms with van der Waals surface area (Å²) >= 11 is 0. The molecule has 3 aliphatic rings. The van der Waals surface area contributed by atoms with Gasteiger partial charge in [0.15, 0.2) is 0 Å². The lowest BCUT2D eigenvalue weighted by atomic mass is 10.00. The van der Waals surface area contributed by atoms with E-state index in [4.69, 9.17) is 4.74 Å². The summed E-state index contributed by atoms with van der Waals surface area (Å²) in [6.45, 7) is 2.19. The highest BCUT2D eigenvalue weighted by Gasteiger charge is 2.41. The number of ether oxygens (including phenoxy) is 1. The van der Waals surface area contributed by atoms with Crippen LogP contribution in [0.1, 0.15) is 31.2 Å². The predicted molar refractivity (Wildman–Crippen MR) is 118 cm³/mol. The molecule has 1 aromatic carbocycles. The number of fused-ring (bicyclic) bond motifs is 3. The van der Waals surface area contributed by atoms with Gasteiger partial charge in [0.25, 0.3) is 5.56 Å². The summed E-state index contributed by atoms with van der Waals surface area (Å²) in [6, 6.07) is 10.7. The van der Waals surface area contributed by atoms with Crippen molar-refractivity contribution in [3.8, 4) is 0 Å². The fourth-order valence-electron chi connectivity index (χ4n) is 5.54. The van der Waals surface area contributed by atoms with Crippen LogP contribution in [-0.2, 0) is 17.7 Å². The smallest absolute Gasteiger partial charge is 0.372 e. The van der Waals surface area contributed by atoms with Crippen LogP contribution in [0.5, 0.6) is 0 Å². The molecule has 2 aromatic rings. The monoisotopic (exact) mass is 462 g/mol. The van der Waals surface area contributed by atoms with Crippen molar-refractivity contribution in [1.29, 1.82) is 0 Å². The van der Waals surface area contributed by atoms with E-state index >= 15 is 0 Å². The van der Waals surface area contributed by atoms with Gasteiger partial charge >= 0.3 is 6.18 Å². The third kappa shape index (κ3) is 5.09. The summed E-state index contributed by atoms with van der Waals surface area (Å²) in [6.07, 6.45) is -0.393. The molecule has 2 bridgehead atoms. The highest BCUT2D eigenvalue weighted by atomic mass is 19.4. The molecule has 0 N–H and O–H groups in total. The fourth-order valence-corrected chi connectivity index (χ4v) is 5.54. The number of morpholine rings is 1. The summed E-state index contributed by atoms with van der Waals surface area (Å²) < 4.78 is 48.0. The number of aromatic nitrogens is 2. The topological polar surface area (TPSA) is 50.6 Å². The van der Waals surface area contributed by atoms with Crippen LogP contribution in [0.25, 0.3) is 0 Å². The van der Waals surface area contributed by atoms with Crippen LogP contribution in [-0.4, -0.2) is 64.6 Å². The second-order valence-electron chi connectivity index (χ2n) is 9.40. The molecule has 178 valence electrons. The zero-order chi connectivity index (χ0) is 23.0. The van der Waals surface area contributed by atoms with E-state index < -0.39 is 18.6 Å².